The van der Waals surface area contributed by atoms with Crippen LogP contribution in [0.25, 0.3) is 0 Å². The maximum Gasteiger partial charge on any atom is 0.238 e. The number of nitrogens with zero attached hydrogens (tertiary/aromatic N) is 1. The molecule has 1 amide bonds. The highest BCUT2D eigenvalue weighted by Gasteiger charge is 2.31. The van der Waals surface area contributed by atoms with E-state index < -0.39 is 0 Å². The Morgan fingerprint density at radius 1 is 1.28 bits per heavy atom. The zero-order valence-electron chi connectivity index (χ0n) is 14.5. The maximum atomic E-state index is 14.1. The predicted octanol–water partition coefficient (Wildman–Crippen LogP) is 4.70. The van der Waals surface area contributed by atoms with Crippen LogP contribution in [0.15, 0.2) is 36.4 Å². The Hall–Kier alpha value is -1.91. The fourth-order valence-electron chi connectivity index (χ4n) is 2.88. The first-order chi connectivity index (χ1) is 11.9. The number of rotatable bonds is 6. The molecule has 1 aliphatic rings. The number of carbonyl (C=O) groups is 1. The second-order valence-electron chi connectivity index (χ2n) is 6.70. The van der Waals surface area contributed by atoms with Crippen molar-refractivity contribution in [2.24, 2.45) is 0 Å². The second kappa shape index (κ2) is 7.54. The third-order valence-corrected chi connectivity index (χ3v) is 4.85. The van der Waals surface area contributed by atoms with Crippen LogP contribution in [0.1, 0.15) is 29.5 Å². The second-order valence-corrected chi connectivity index (χ2v) is 7.11. The molecular formula is C20H22ClFN2O. The van der Waals surface area contributed by atoms with E-state index in [1.807, 2.05) is 36.9 Å². The summed E-state index contributed by atoms with van der Waals surface area (Å²) in [4.78, 5) is 14.5. The largest absolute Gasteiger partial charge is 0.325 e. The van der Waals surface area contributed by atoms with E-state index in [1.165, 1.54) is 6.07 Å². The van der Waals surface area contributed by atoms with Crippen LogP contribution in [-0.4, -0.2) is 23.4 Å². The summed E-state index contributed by atoms with van der Waals surface area (Å²) in [5.41, 5.74) is 3.40. The van der Waals surface area contributed by atoms with Crippen LogP contribution in [0.2, 0.25) is 5.02 Å². The van der Waals surface area contributed by atoms with E-state index in [9.17, 15) is 9.18 Å². The molecule has 0 saturated heterocycles. The van der Waals surface area contributed by atoms with E-state index in [4.69, 9.17) is 11.6 Å². The molecule has 5 heteroatoms. The number of aryl methyl sites for hydroxylation is 2. The first-order valence-corrected chi connectivity index (χ1v) is 8.86. The van der Waals surface area contributed by atoms with Crippen LogP contribution >= 0.6 is 11.6 Å². The Balaban J connectivity index is 1.70. The normalized spacial score (nSPS) is 14.0. The van der Waals surface area contributed by atoms with Crippen molar-refractivity contribution in [2.45, 2.75) is 39.3 Å². The average molecular weight is 361 g/mol. The zero-order valence-corrected chi connectivity index (χ0v) is 15.2. The number of carbonyl (C=O) groups excluding carboxylic acids is 1. The fraction of sp³-hybridized carbons (Fsp3) is 0.350. The van der Waals surface area contributed by atoms with Crippen molar-refractivity contribution in [1.29, 1.82) is 0 Å². The van der Waals surface area contributed by atoms with Crippen LogP contribution in [0.5, 0.6) is 0 Å². The molecule has 0 heterocycles. The van der Waals surface area contributed by atoms with E-state index in [-0.39, 0.29) is 18.3 Å². The van der Waals surface area contributed by atoms with E-state index in [1.54, 1.807) is 12.1 Å². The summed E-state index contributed by atoms with van der Waals surface area (Å²) in [7, 11) is 0. The highest BCUT2D eigenvalue weighted by Crippen LogP contribution is 2.30. The van der Waals surface area contributed by atoms with Crippen LogP contribution in [-0.2, 0) is 11.3 Å². The number of hydrogen-bond acceptors (Lipinski definition) is 2. The van der Waals surface area contributed by atoms with Crippen molar-refractivity contribution in [3.8, 4) is 0 Å². The van der Waals surface area contributed by atoms with Crippen molar-refractivity contribution in [3.63, 3.8) is 0 Å². The summed E-state index contributed by atoms with van der Waals surface area (Å²) in [6.45, 7) is 4.53. The lowest BCUT2D eigenvalue weighted by Gasteiger charge is -2.22. The number of amides is 1. The van der Waals surface area contributed by atoms with Crippen LogP contribution in [0.3, 0.4) is 0 Å². The summed E-state index contributed by atoms with van der Waals surface area (Å²) >= 11 is 6.14. The molecule has 25 heavy (non-hydrogen) atoms. The molecule has 132 valence electrons. The van der Waals surface area contributed by atoms with Gasteiger partial charge in [-0.2, -0.15) is 0 Å². The fourth-order valence-corrected chi connectivity index (χ4v) is 3.11. The molecule has 2 aromatic rings. The van der Waals surface area contributed by atoms with E-state index in [2.05, 4.69) is 5.32 Å². The van der Waals surface area contributed by atoms with Gasteiger partial charge in [0, 0.05) is 28.9 Å². The van der Waals surface area contributed by atoms with Gasteiger partial charge in [0.05, 0.1) is 6.54 Å². The highest BCUT2D eigenvalue weighted by atomic mass is 35.5. The molecule has 1 fully saturated rings. The molecule has 1 aliphatic carbocycles. The molecule has 0 aromatic heterocycles. The lowest BCUT2D eigenvalue weighted by atomic mass is 10.1. The molecule has 0 bridgehead atoms. The van der Waals surface area contributed by atoms with Crippen molar-refractivity contribution in [1.82, 2.24) is 4.90 Å². The monoisotopic (exact) mass is 360 g/mol. The average Bonchev–Trinajstić information content (AvgIpc) is 3.38. The zero-order chi connectivity index (χ0) is 18.0. The van der Waals surface area contributed by atoms with Crippen molar-refractivity contribution >= 4 is 23.2 Å². The number of benzene rings is 2. The van der Waals surface area contributed by atoms with Gasteiger partial charge in [0.25, 0.3) is 0 Å². The Kier molecular flexibility index (Phi) is 5.40. The Bertz CT molecular complexity index is 769. The van der Waals surface area contributed by atoms with E-state index >= 15 is 0 Å². The number of hydrogen-bond donors (Lipinski definition) is 1. The lowest BCUT2D eigenvalue weighted by molar-refractivity contribution is -0.117. The van der Waals surface area contributed by atoms with Gasteiger partial charge in [-0.1, -0.05) is 29.8 Å². The molecule has 0 radical (unpaired) electrons. The third kappa shape index (κ3) is 4.59. The highest BCUT2D eigenvalue weighted by molar-refractivity contribution is 6.31. The number of anilines is 1. The van der Waals surface area contributed by atoms with Gasteiger partial charge < -0.3 is 5.32 Å². The van der Waals surface area contributed by atoms with Crippen LogP contribution < -0.4 is 5.32 Å². The first kappa shape index (κ1) is 17.9. The van der Waals surface area contributed by atoms with Crippen molar-refractivity contribution < 1.29 is 9.18 Å². The molecule has 3 rings (SSSR count). The van der Waals surface area contributed by atoms with Gasteiger partial charge >= 0.3 is 0 Å². The van der Waals surface area contributed by atoms with Crippen LogP contribution in [0.4, 0.5) is 10.1 Å². The molecule has 2 aromatic carbocycles. The van der Waals surface area contributed by atoms with E-state index in [0.717, 1.165) is 29.7 Å². The van der Waals surface area contributed by atoms with Gasteiger partial charge in [-0.15, -0.1) is 0 Å². The molecule has 0 spiro atoms. The van der Waals surface area contributed by atoms with Gasteiger partial charge in [-0.3, -0.25) is 9.69 Å². The molecule has 1 saturated carbocycles. The van der Waals surface area contributed by atoms with Gasteiger partial charge in [0.1, 0.15) is 5.82 Å². The Labute approximate surface area is 152 Å². The lowest BCUT2D eigenvalue weighted by Crippen LogP contribution is -2.35. The molecule has 3 nitrogen and oxygen atoms in total. The minimum Gasteiger partial charge on any atom is -0.325 e. The number of halogens is 2. The molecule has 0 unspecified atom stereocenters. The minimum atomic E-state index is -0.326. The molecular weight excluding hydrogens is 339 g/mol. The summed E-state index contributed by atoms with van der Waals surface area (Å²) in [6, 6.07) is 11.0. The van der Waals surface area contributed by atoms with Crippen molar-refractivity contribution in [3.05, 3.63) is 63.9 Å². The quantitative estimate of drug-likeness (QED) is 0.809. The predicted molar refractivity (Wildman–Crippen MR) is 99.4 cm³/mol. The number of nitrogens with one attached hydrogen (secondary N) is 1. The van der Waals surface area contributed by atoms with Crippen molar-refractivity contribution in [2.75, 3.05) is 11.9 Å². The molecule has 0 atom stereocenters. The van der Waals surface area contributed by atoms with Gasteiger partial charge in [0.15, 0.2) is 0 Å². The Morgan fingerprint density at radius 2 is 2.04 bits per heavy atom. The van der Waals surface area contributed by atoms with Gasteiger partial charge in [-0.05, 0) is 56.0 Å². The standard InChI is InChI=1S/C20H22ClFN2O/c1-13-6-7-14(2)19(10-13)23-20(25)12-24(15-8-9-15)11-16-17(21)4-3-5-18(16)22/h3-7,10,15H,8-9,11-12H2,1-2H3,(H,23,25). The summed E-state index contributed by atoms with van der Waals surface area (Å²) < 4.78 is 14.1. The summed E-state index contributed by atoms with van der Waals surface area (Å²) in [5, 5.41) is 3.38. The van der Waals surface area contributed by atoms with E-state index in [0.29, 0.717) is 23.2 Å². The summed E-state index contributed by atoms with van der Waals surface area (Å²) in [5.74, 6) is -0.416. The Morgan fingerprint density at radius 3 is 2.72 bits per heavy atom. The third-order valence-electron chi connectivity index (χ3n) is 4.50. The van der Waals surface area contributed by atoms with Crippen LogP contribution in [0, 0.1) is 19.7 Å². The molecule has 0 aliphatic heterocycles. The SMILES string of the molecule is Cc1ccc(C)c(NC(=O)CN(Cc2c(F)cccc2Cl)C2CC2)c1. The van der Waals surface area contributed by atoms with Gasteiger partial charge in [-0.25, -0.2) is 4.39 Å². The summed E-state index contributed by atoms with van der Waals surface area (Å²) in [6.07, 6.45) is 2.06. The van der Waals surface area contributed by atoms with Gasteiger partial charge in [0.2, 0.25) is 5.91 Å². The smallest absolute Gasteiger partial charge is 0.238 e. The minimum absolute atomic E-state index is 0.0898. The maximum absolute atomic E-state index is 14.1. The molecule has 1 N–H and O–H groups in total. The topological polar surface area (TPSA) is 32.3 Å². The first-order valence-electron chi connectivity index (χ1n) is 8.48.